The lowest BCUT2D eigenvalue weighted by molar-refractivity contribution is 0.442. The van der Waals surface area contributed by atoms with E-state index in [1.165, 1.54) is 0 Å². The smallest absolute Gasteiger partial charge is 0.0565 e. The van der Waals surface area contributed by atoms with Crippen molar-refractivity contribution in [2.45, 2.75) is 0 Å². The third kappa shape index (κ3) is 0.886. The van der Waals surface area contributed by atoms with Crippen LogP contribution >= 0.6 is 0 Å². The number of hydrogen-bond donors (Lipinski definition) is 0. The Kier molecular flexibility index (Phi) is 1.33. The van der Waals surface area contributed by atoms with E-state index in [0.29, 0.717) is 0 Å². The molecule has 0 fully saturated rings. The molecule has 0 unspecified atom stereocenters. The number of likely N-dealkylation sites (N-methyl/N-ethyl adjacent to an activating group) is 1. The number of allylic oxidation sites excluding steroid dienone is 1. The Balaban J connectivity index is 2.60. The summed E-state index contributed by atoms with van der Waals surface area (Å²) in [6.45, 7) is 5.69. The Bertz CT molecular complexity index is 126. The Hall–Kier alpha value is -0.790. The lowest BCUT2D eigenvalue weighted by Gasteiger charge is -2.20. The lowest BCUT2D eigenvalue weighted by atomic mass is 10.4. The van der Waals surface area contributed by atoms with E-state index in [2.05, 4.69) is 16.5 Å². The fourth-order valence-electron chi connectivity index (χ4n) is 0.620. The molecule has 0 aliphatic carbocycles. The number of nitrogens with zero attached hydrogens (tertiary/aromatic N) is 2. The van der Waals surface area contributed by atoms with Crippen molar-refractivity contribution in [2.75, 3.05) is 20.1 Å². The normalized spacial score (nSPS) is 19.6. The minimum Gasteiger partial charge on any atom is -0.372 e. The van der Waals surface area contributed by atoms with E-state index in [1.54, 1.807) is 0 Å². The highest BCUT2D eigenvalue weighted by atomic mass is 15.1. The molecule has 8 heavy (non-hydrogen) atoms. The first-order valence-corrected chi connectivity index (χ1v) is 2.70. The molecule has 0 atom stereocenters. The van der Waals surface area contributed by atoms with Gasteiger partial charge in [-0.25, -0.2) is 0 Å². The maximum absolute atomic E-state index is 4.04. The molecule has 0 saturated carbocycles. The maximum atomic E-state index is 4.04. The van der Waals surface area contributed by atoms with Crippen molar-refractivity contribution >= 4 is 6.21 Å². The van der Waals surface area contributed by atoms with E-state index < -0.39 is 0 Å². The van der Waals surface area contributed by atoms with Crippen LogP contribution in [0.3, 0.4) is 0 Å². The predicted octanol–water partition coefficient (Wildman–Crippen LogP) is 0.516. The molecule has 0 radical (unpaired) electrons. The zero-order valence-corrected chi connectivity index (χ0v) is 5.09. The van der Waals surface area contributed by atoms with Crippen molar-refractivity contribution in [2.24, 2.45) is 4.99 Å². The summed E-state index contributed by atoms with van der Waals surface area (Å²) < 4.78 is 0. The van der Waals surface area contributed by atoms with Crippen molar-refractivity contribution in [1.82, 2.24) is 4.90 Å². The molecule has 0 spiro atoms. The molecule has 0 saturated heterocycles. The van der Waals surface area contributed by atoms with Gasteiger partial charge < -0.3 is 4.90 Å². The van der Waals surface area contributed by atoms with E-state index in [1.807, 2.05) is 13.3 Å². The van der Waals surface area contributed by atoms with Crippen LogP contribution in [0, 0.1) is 0 Å². The maximum Gasteiger partial charge on any atom is 0.0565 e. The summed E-state index contributed by atoms with van der Waals surface area (Å²) >= 11 is 0. The van der Waals surface area contributed by atoms with Crippen LogP contribution in [0.5, 0.6) is 0 Å². The standard InChI is InChI=1S/C6H10N2/c1-6-5-7-3-4-8(6)2/h5H,1,3-4H2,2H3. The van der Waals surface area contributed by atoms with Crippen molar-refractivity contribution in [1.29, 1.82) is 0 Å². The predicted molar refractivity (Wildman–Crippen MR) is 35.1 cm³/mol. The van der Waals surface area contributed by atoms with Gasteiger partial charge in [0, 0.05) is 25.5 Å². The average Bonchev–Trinajstić information content (AvgIpc) is 1.77. The summed E-state index contributed by atoms with van der Waals surface area (Å²) in [6.07, 6.45) is 1.81. The van der Waals surface area contributed by atoms with E-state index in [-0.39, 0.29) is 0 Å². The van der Waals surface area contributed by atoms with Crippen LogP contribution in [0.15, 0.2) is 17.3 Å². The van der Waals surface area contributed by atoms with Crippen LogP contribution in [-0.2, 0) is 0 Å². The first-order valence-electron chi connectivity index (χ1n) is 2.70. The molecule has 0 aromatic heterocycles. The van der Waals surface area contributed by atoms with Gasteiger partial charge in [0.25, 0.3) is 0 Å². The van der Waals surface area contributed by atoms with Gasteiger partial charge in [-0.3, -0.25) is 4.99 Å². The summed E-state index contributed by atoms with van der Waals surface area (Å²) in [5, 5.41) is 0. The molecule has 0 bridgehead atoms. The van der Waals surface area contributed by atoms with Gasteiger partial charge >= 0.3 is 0 Å². The molecular formula is C6H10N2. The van der Waals surface area contributed by atoms with Gasteiger partial charge in [-0.2, -0.15) is 0 Å². The highest BCUT2D eigenvalue weighted by molar-refractivity contribution is 5.77. The van der Waals surface area contributed by atoms with Crippen LogP contribution in [-0.4, -0.2) is 31.3 Å². The summed E-state index contributed by atoms with van der Waals surface area (Å²) in [7, 11) is 2.02. The molecule has 1 aliphatic rings. The van der Waals surface area contributed by atoms with Gasteiger partial charge in [-0.05, 0) is 0 Å². The van der Waals surface area contributed by atoms with Crippen LogP contribution in [0.2, 0.25) is 0 Å². The van der Waals surface area contributed by atoms with Gasteiger partial charge in [-0.1, -0.05) is 6.58 Å². The molecule has 0 N–H and O–H groups in total. The minimum atomic E-state index is 0.912. The third-order valence-electron chi connectivity index (χ3n) is 1.30. The lowest BCUT2D eigenvalue weighted by Crippen LogP contribution is -2.24. The first kappa shape index (κ1) is 5.35. The quantitative estimate of drug-likeness (QED) is 0.444. The molecule has 44 valence electrons. The second-order valence-electron chi connectivity index (χ2n) is 1.95. The molecule has 0 aromatic carbocycles. The third-order valence-corrected chi connectivity index (χ3v) is 1.30. The van der Waals surface area contributed by atoms with Crippen molar-refractivity contribution in [3.05, 3.63) is 12.3 Å². The van der Waals surface area contributed by atoms with Crippen LogP contribution < -0.4 is 0 Å². The summed E-state index contributed by atoms with van der Waals surface area (Å²) in [4.78, 5) is 6.13. The summed E-state index contributed by atoms with van der Waals surface area (Å²) in [6, 6.07) is 0. The molecule has 0 aromatic rings. The van der Waals surface area contributed by atoms with Gasteiger partial charge in [0.2, 0.25) is 0 Å². The first-order chi connectivity index (χ1) is 3.80. The number of rotatable bonds is 0. The van der Waals surface area contributed by atoms with Gasteiger partial charge in [0.15, 0.2) is 0 Å². The zero-order valence-electron chi connectivity index (χ0n) is 5.09. The average molecular weight is 110 g/mol. The number of aliphatic imine (C=N–C) groups is 1. The molecule has 1 aliphatic heterocycles. The molecule has 2 heteroatoms. The SMILES string of the molecule is C=C1C=NCCN1C. The summed E-state index contributed by atoms with van der Waals surface area (Å²) in [5.74, 6) is 0. The Morgan fingerprint density at radius 1 is 1.88 bits per heavy atom. The van der Waals surface area contributed by atoms with Crippen LogP contribution in [0.25, 0.3) is 0 Å². The molecule has 2 nitrogen and oxygen atoms in total. The fraction of sp³-hybridized carbons (Fsp3) is 0.500. The highest BCUT2D eigenvalue weighted by Crippen LogP contribution is 1.98. The summed E-state index contributed by atoms with van der Waals surface area (Å²) in [5.41, 5.74) is 1.01. The largest absolute Gasteiger partial charge is 0.372 e. The Labute approximate surface area is 49.5 Å². The number of hydrogen-bond acceptors (Lipinski definition) is 2. The van der Waals surface area contributed by atoms with E-state index in [0.717, 1.165) is 18.8 Å². The molecule has 0 amide bonds. The fourth-order valence-corrected chi connectivity index (χ4v) is 0.620. The second-order valence-corrected chi connectivity index (χ2v) is 1.95. The Morgan fingerprint density at radius 2 is 2.62 bits per heavy atom. The second kappa shape index (κ2) is 1.99. The van der Waals surface area contributed by atoms with Crippen molar-refractivity contribution in [3.63, 3.8) is 0 Å². The van der Waals surface area contributed by atoms with Gasteiger partial charge in [0.1, 0.15) is 0 Å². The monoisotopic (exact) mass is 110 g/mol. The van der Waals surface area contributed by atoms with Crippen molar-refractivity contribution < 1.29 is 0 Å². The molecule has 1 rings (SSSR count). The molecule has 1 heterocycles. The van der Waals surface area contributed by atoms with Crippen molar-refractivity contribution in [3.8, 4) is 0 Å². The van der Waals surface area contributed by atoms with E-state index in [9.17, 15) is 0 Å². The molecular weight excluding hydrogens is 100 g/mol. The topological polar surface area (TPSA) is 15.6 Å². The zero-order chi connectivity index (χ0) is 5.98. The highest BCUT2D eigenvalue weighted by Gasteiger charge is 2.01. The van der Waals surface area contributed by atoms with Gasteiger partial charge in [0.05, 0.1) is 6.54 Å². The minimum absolute atomic E-state index is 0.912. The van der Waals surface area contributed by atoms with E-state index >= 15 is 0 Å². The van der Waals surface area contributed by atoms with Gasteiger partial charge in [-0.15, -0.1) is 0 Å². The van der Waals surface area contributed by atoms with Crippen LogP contribution in [0.4, 0.5) is 0 Å². The Morgan fingerprint density at radius 3 is 3.00 bits per heavy atom. The van der Waals surface area contributed by atoms with E-state index in [4.69, 9.17) is 0 Å². The van der Waals surface area contributed by atoms with Crippen LogP contribution in [0.1, 0.15) is 0 Å².